The van der Waals surface area contributed by atoms with E-state index in [1.54, 1.807) is 18.5 Å². The number of sulfonamides is 1. The van der Waals surface area contributed by atoms with Gasteiger partial charge in [-0.3, -0.25) is 9.78 Å². The van der Waals surface area contributed by atoms with E-state index >= 15 is 0 Å². The van der Waals surface area contributed by atoms with Gasteiger partial charge in [0.2, 0.25) is 10.0 Å². The van der Waals surface area contributed by atoms with Crippen molar-refractivity contribution in [3.8, 4) is 11.1 Å². The van der Waals surface area contributed by atoms with Crippen LogP contribution in [-0.2, 0) is 14.8 Å². The molecule has 1 aliphatic carbocycles. The first-order valence-corrected chi connectivity index (χ1v) is 10.6. The molecule has 0 radical (unpaired) electrons. The van der Waals surface area contributed by atoms with Gasteiger partial charge in [-0.2, -0.15) is 0 Å². The first-order chi connectivity index (χ1) is 12.8. The lowest BCUT2D eigenvalue weighted by Crippen LogP contribution is -2.38. The Morgan fingerprint density at radius 3 is 2.48 bits per heavy atom. The number of aryl methyl sites for hydroxylation is 1. The van der Waals surface area contributed by atoms with E-state index in [2.05, 4.69) is 9.71 Å². The Kier molecular flexibility index (Phi) is 5.83. The van der Waals surface area contributed by atoms with E-state index in [1.165, 1.54) is 12.1 Å². The predicted molar refractivity (Wildman–Crippen MR) is 103 cm³/mol. The highest BCUT2D eigenvalue weighted by Gasteiger charge is 2.29. The molecule has 0 spiro atoms. The summed E-state index contributed by atoms with van der Waals surface area (Å²) in [7, 11) is -3.72. The minimum atomic E-state index is -3.72. The molecular formula is C19H21ClN2O4S. The van der Waals surface area contributed by atoms with Gasteiger partial charge >= 0.3 is 5.97 Å². The number of carboxylic acid groups (broad SMARTS) is 1. The molecule has 144 valence electrons. The molecule has 0 aliphatic heterocycles. The fourth-order valence-electron chi connectivity index (χ4n) is 3.40. The molecule has 8 heteroatoms. The summed E-state index contributed by atoms with van der Waals surface area (Å²) in [5, 5.41) is 9.40. The Balaban J connectivity index is 1.77. The second kappa shape index (κ2) is 7.96. The first-order valence-electron chi connectivity index (χ1n) is 8.73. The summed E-state index contributed by atoms with van der Waals surface area (Å²) in [5.74, 6) is -1.20. The van der Waals surface area contributed by atoms with Crippen molar-refractivity contribution in [1.82, 2.24) is 9.71 Å². The highest BCUT2D eigenvalue weighted by molar-refractivity contribution is 7.89. The molecule has 0 bridgehead atoms. The summed E-state index contributed by atoms with van der Waals surface area (Å²) in [5.41, 5.74) is 2.60. The van der Waals surface area contributed by atoms with Gasteiger partial charge in [0, 0.05) is 29.0 Å². The van der Waals surface area contributed by atoms with Crippen molar-refractivity contribution in [2.45, 2.75) is 43.5 Å². The molecule has 1 saturated carbocycles. The van der Waals surface area contributed by atoms with Crippen LogP contribution < -0.4 is 4.72 Å². The lowest BCUT2D eigenvalue weighted by Gasteiger charge is -2.26. The van der Waals surface area contributed by atoms with Crippen molar-refractivity contribution < 1.29 is 18.3 Å². The van der Waals surface area contributed by atoms with Gasteiger partial charge in [0.1, 0.15) is 0 Å². The van der Waals surface area contributed by atoms with E-state index < -0.39 is 16.0 Å². The molecule has 1 aromatic heterocycles. The van der Waals surface area contributed by atoms with Gasteiger partial charge in [0.25, 0.3) is 0 Å². The van der Waals surface area contributed by atoms with E-state index in [0.717, 1.165) is 16.7 Å². The van der Waals surface area contributed by atoms with Crippen molar-refractivity contribution in [3.63, 3.8) is 0 Å². The number of benzene rings is 1. The molecule has 1 heterocycles. The lowest BCUT2D eigenvalue weighted by molar-refractivity contribution is -0.142. The third-order valence-electron chi connectivity index (χ3n) is 4.96. The summed E-state index contributed by atoms with van der Waals surface area (Å²) in [6.07, 6.45) is 5.37. The normalized spacial score (nSPS) is 20.4. The van der Waals surface area contributed by atoms with Crippen LogP contribution in [0.15, 0.2) is 41.6 Å². The van der Waals surface area contributed by atoms with Crippen LogP contribution >= 0.6 is 11.6 Å². The largest absolute Gasteiger partial charge is 0.481 e. The monoisotopic (exact) mass is 408 g/mol. The van der Waals surface area contributed by atoms with Crippen LogP contribution in [0.3, 0.4) is 0 Å². The predicted octanol–water partition coefficient (Wildman–Crippen LogP) is 3.63. The molecule has 3 rings (SSSR count). The van der Waals surface area contributed by atoms with Crippen molar-refractivity contribution in [2.24, 2.45) is 5.92 Å². The fraction of sp³-hybridized carbons (Fsp3) is 0.368. The molecule has 1 aliphatic rings. The van der Waals surface area contributed by atoms with Crippen molar-refractivity contribution in [1.29, 1.82) is 0 Å². The average Bonchev–Trinajstić information content (AvgIpc) is 2.62. The van der Waals surface area contributed by atoms with Gasteiger partial charge in [-0.1, -0.05) is 17.7 Å². The number of aliphatic carboxylic acids is 1. The van der Waals surface area contributed by atoms with E-state index in [9.17, 15) is 13.2 Å². The first kappa shape index (κ1) is 19.8. The maximum absolute atomic E-state index is 12.7. The maximum Gasteiger partial charge on any atom is 0.306 e. The lowest BCUT2D eigenvalue weighted by atomic mass is 9.87. The second-order valence-electron chi connectivity index (χ2n) is 6.84. The van der Waals surface area contributed by atoms with Gasteiger partial charge in [0.15, 0.2) is 0 Å². The zero-order valence-electron chi connectivity index (χ0n) is 14.9. The zero-order valence-corrected chi connectivity index (χ0v) is 16.4. The van der Waals surface area contributed by atoms with Crippen molar-refractivity contribution in [3.05, 3.63) is 47.2 Å². The van der Waals surface area contributed by atoms with Gasteiger partial charge in [-0.15, -0.1) is 0 Å². The smallest absolute Gasteiger partial charge is 0.306 e. The van der Waals surface area contributed by atoms with Gasteiger partial charge < -0.3 is 5.11 Å². The van der Waals surface area contributed by atoms with Crippen molar-refractivity contribution in [2.75, 3.05) is 0 Å². The number of nitrogens with one attached hydrogen (secondary N) is 1. The molecule has 6 nitrogen and oxygen atoms in total. The molecule has 0 saturated heterocycles. The topological polar surface area (TPSA) is 96.4 Å². The number of rotatable bonds is 5. The molecule has 0 amide bonds. The van der Waals surface area contributed by atoms with Gasteiger partial charge in [0.05, 0.1) is 10.8 Å². The Morgan fingerprint density at radius 2 is 1.89 bits per heavy atom. The molecule has 27 heavy (non-hydrogen) atoms. The Morgan fingerprint density at radius 1 is 1.19 bits per heavy atom. The Hall–Kier alpha value is -1.96. The molecule has 2 N–H and O–H groups in total. The van der Waals surface area contributed by atoms with Crippen LogP contribution in [0, 0.1) is 12.8 Å². The van der Waals surface area contributed by atoms with Gasteiger partial charge in [-0.05, 0) is 61.9 Å². The van der Waals surface area contributed by atoms with E-state index in [4.69, 9.17) is 16.7 Å². The summed E-state index contributed by atoms with van der Waals surface area (Å²) in [6, 6.07) is 6.25. The third kappa shape index (κ3) is 4.48. The Labute approximate surface area is 163 Å². The molecule has 2 aromatic rings. The molecule has 1 aromatic carbocycles. The van der Waals surface area contributed by atoms with Crippen LogP contribution in [0.5, 0.6) is 0 Å². The third-order valence-corrected chi connectivity index (χ3v) is 6.79. The average molecular weight is 409 g/mol. The van der Waals surface area contributed by atoms with E-state index in [-0.39, 0.29) is 16.9 Å². The summed E-state index contributed by atoms with van der Waals surface area (Å²) >= 11 is 6.36. The molecule has 0 unspecified atom stereocenters. The van der Waals surface area contributed by atoms with Crippen LogP contribution in [0.2, 0.25) is 5.02 Å². The number of aromatic nitrogens is 1. The van der Waals surface area contributed by atoms with E-state index in [1.807, 2.05) is 13.0 Å². The quantitative estimate of drug-likeness (QED) is 0.787. The number of hydrogen-bond acceptors (Lipinski definition) is 4. The number of nitrogens with zero attached hydrogens (tertiary/aromatic N) is 1. The number of carboxylic acids is 1. The highest BCUT2D eigenvalue weighted by atomic mass is 35.5. The standard InChI is InChI=1S/C19H21ClN2O4S/c1-12-11-21-9-8-16(12)17-7-6-15(10-18(17)20)27(25,26)22-14-4-2-13(3-5-14)19(23)24/h6-11,13-14,22H,2-5H2,1H3,(H,23,24)/t13-,14-. The second-order valence-corrected chi connectivity index (χ2v) is 8.96. The van der Waals surface area contributed by atoms with Crippen LogP contribution in [0.4, 0.5) is 0 Å². The number of halogens is 1. The summed E-state index contributed by atoms with van der Waals surface area (Å²) < 4.78 is 28.1. The van der Waals surface area contributed by atoms with Crippen molar-refractivity contribution >= 4 is 27.6 Å². The summed E-state index contributed by atoms with van der Waals surface area (Å²) in [4.78, 5) is 15.2. The van der Waals surface area contributed by atoms with Crippen LogP contribution in [0.1, 0.15) is 31.2 Å². The molecular weight excluding hydrogens is 388 g/mol. The summed E-state index contributed by atoms with van der Waals surface area (Å²) in [6.45, 7) is 1.92. The number of carbonyl (C=O) groups is 1. The number of hydrogen-bond donors (Lipinski definition) is 2. The minimum Gasteiger partial charge on any atom is -0.481 e. The van der Waals surface area contributed by atoms with Gasteiger partial charge in [-0.25, -0.2) is 13.1 Å². The van der Waals surface area contributed by atoms with Crippen LogP contribution in [0.25, 0.3) is 11.1 Å². The Bertz CT molecular complexity index is 954. The zero-order chi connectivity index (χ0) is 19.6. The maximum atomic E-state index is 12.7. The molecule has 1 fully saturated rings. The number of pyridine rings is 1. The van der Waals surface area contributed by atoms with Crippen LogP contribution in [-0.4, -0.2) is 30.5 Å². The SMILES string of the molecule is Cc1cnccc1-c1ccc(S(=O)(=O)N[C@H]2CC[C@H](C(=O)O)CC2)cc1Cl. The fourth-order valence-corrected chi connectivity index (χ4v) is 5.08. The molecule has 0 atom stereocenters. The minimum absolute atomic E-state index is 0.100. The van der Waals surface area contributed by atoms with E-state index in [0.29, 0.717) is 30.7 Å². The highest BCUT2D eigenvalue weighted by Crippen LogP contribution is 2.32.